The lowest BCUT2D eigenvalue weighted by Gasteiger charge is -2.29. The minimum atomic E-state index is -3.05. The molecule has 0 spiro atoms. The number of nitrogens with zero attached hydrogens (tertiary/aromatic N) is 2. The maximum atomic E-state index is 13.6. The van der Waals surface area contributed by atoms with Gasteiger partial charge in [-0.25, -0.2) is 9.78 Å². The molecule has 1 saturated carbocycles. The lowest BCUT2D eigenvalue weighted by Crippen LogP contribution is -2.41. The molecule has 224 valence electrons. The summed E-state index contributed by atoms with van der Waals surface area (Å²) in [5.74, 6) is -1.59. The Bertz CT molecular complexity index is 1260. The maximum Gasteiger partial charge on any atom is 0.408 e. The normalized spacial score (nSPS) is 16.8. The molecule has 2 amide bonds. The molecule has 2 heterocycles. The molecule has 1 saturated heterocycles. The minimum Gasteiger partial charge on any atom is -0.489 e. The lowest BCUT2D eigenvalue weighted by atomic mass is 9.97. The number of aliphatic carboxylic acids is 1. The number of nitrogens with one attached hydrogen (secondary N) is 1. The average Bonchev–Trinajstić information content (AvgIpc) is 3.61. The Balaban J connectivity index is 1.65. The third kappa shape index (κ3) is 8.08. The average molecular weight is 580 g/mol. The van der Waals surface area contributed by atoms with Crippen molar-refractivity contribution in [1.82, 2.24) is 15.2 Å². The molecule has 1 aromatic carbocycles. The van der Waals surface area contributed by atoms with E-state index in [1.807, 2.05) is 0 Å². The number of hydrogen-bond acceptors (Lipinski definition) is 8. The van der Waals surface area contributed by atoms with E-state index in [-0.39, 0.29) is 41.9 Å². The minimum absolute atomic E-state index is 0.00137. The van der Waals surface area contributed by atoms with Crippen molar-refractivity contribution in [3.63, 3.8) is 0 Å². The highest BCUT2D eigenvalue weighted by Gasteiger charge is 2.33. The summed E-state index contributed by atoms with van der Waals surface area (Å²) >= 11 is 0. The van der Waals surface area contributed by atoms with Crippen molar-refractivity contribution in [2.24, 2.45) is 11.8 Å². The summed E-state index contributed by atoms with van der Waals surface area (Å²) in [5.41, 5.74) is -0.486. The second kappa shape index (κ2) is 12.3. The zero-order valence-corrected chi connectivity index (χ0v) is 23.4. The van der Waals surface area contributed by atoms with Crippen molar-refractivity contribution in [1.29, 1.82) is 0 Å². The van der Waals surface area contributed by atoms with Gasteiger partial charge in [-0.1, -0.05) is 0 Å². The van der Waals surface area contributed by atoms with Crippen LogP contribution in [-0.2, 0) is 9.53 Å². The summed E-state index contributed by atoms with van der Waals surface area (Å²) in [4.78, 5) is 43.3. The summed E-state index contributed by atoms with van der Waals surface area (Å²) in [6.45, 7) is 4.45. The first kappa shape index (κ1) is 30.1. The van der Waals surface area contributed by atoms with Crippen molar-refractivity contribution >= 4 is 18.0 Å². The molecule has 0 radical (unpaired) electrons. The van der Waals surface area contributed by atoms with Gasteiger partial charge in [-0.15, -0.1) is 0 Å². The summed E-state index contributed by atoms with van der Waals surface area (Å²) in [6.07, 6.45) is 1.84. The number of carboxylic acids is 1. The van der Waals surface area contributed by atoms with E-state index in [1.54, 1.807) is 27.7 Å². The molecule has 0 bridgehead atoms. The third-order valence-corrected chi connectivity index (χ3v) is 6.69. The van der Waals surface area contributed by atoms with E-state index in [0.29, 0.717) is 30.9 Å². The lowest BCUT2D eigenvalue weighted by molar-refractivity contribution is -0.143. The number of carboxylic acid groups (broad SMARTS) is 1. The molecule has 1 atom stereocenters. The van der Waals surface area contributed by atoms with Crippen molar-refractivity contribution in [3.8, 4) is 23.0 Å². The molecule has 1 aliphatic heterocycles. The highest BCUT2D eigenvalue weighted by Crippen LogP contribution is 2.37. The van der Waals surface area contributed by atoms with Gasteiger partial charge in [0.25, 0.3) is 5.91 Å². The van der Waals surface area contributed by atoms with Crippen molar-refractivity contribution in [2.45, 2.75) is 71.6 Å². The number of likely N-dealkylation sites (tertiary alicyclic amines) is 1. The fourth-order valence-corrected chi connectivity index (χ4v) is 4.37. The van der Waals surface area contributed by atoms with Crippen LogP contribution in [0.25, 0.3) is 11.5 Å². The van der Waals surface area contributed by atoms with Gasteiger partial charge in [0.15, 0.2) is 23.0 Å². The third-order valence-electron chi connectivity index (χ3n) is 6.69. The Morgan fingerprint density at radius 1 is 1.15 bits per heavy atom. The number of benzene rings is 1. The number of carbonyl (C=O) groups is 3. The maximum absolute atomic E-state index is 13.6. The fraction of sp³-hybridized carbons (Fsp3) is 0.571. The molecular formula is C28H35F2N3O8. The van der Waals surface area contributed by atoms with E-state index in [1.165, 1.54) is 23.1 Å². The second-order valence-electron chi connectivity index (χ2n) is 11.3. The largest absolute Gasteiger partial charge is 0.489 e. The molecule has 2 N–H and O–H groups in total. The first-order valence-electron chi connectivity index (χ1n) is 13.5. The van der Waals surface area contributed by atoms with Crippen LogP contribution in [-0.4, -0.2) is 64.9 Å². The van der Waals surface area contributed by atoms with Crippen LogP contribution < -0.4 is 14.8 Å². The van der Waals surface area contributed by atoms with Crippen molar-refractivity contribution in [3.05, 3.63) is 29.7 Å². The first-order valence-corrected chi connectivity index (χ1v) is 13.5. The highest BCUT2D eigenvalue weighted by atomic mass is 19.3. The van der Waals surface area contributed by atoms with E-state index in [2.05, 4.69) is 15.0 Å². The zero-order chi connectivity index (χ0) is 29.9. The van der Waals surface area contributed by atoms with Crippen LogP contribution in [0, 0.1) is 11.8 Å². The zero-order valence-electron chi connectivity index (χ0n) is 23.4. The number of alkyl carbamates (subject to hydrolysis) is 1. The number of amides is 2. The fourth-order valence-electron chi connectivity index (χ4n) is 4.37. The standard InChI is InChI=1S/C28H35F2N3O8/c1-15(31-27(37)41-28(2,3)4)22-21(24(34)33-11-9-17(10-12-33)25(35)36)32-23(40-22)18-7-8-19(39-26(29)30)20(13-18)38-14-16-5-6-16/h7-8,13,15-17,26H,5-6,9-12,14H2,1-4H3,(H,31,37)(H,35,36)/t15-/m0/s1. The Morgan fingerprint density at radius 3 is 2.41 bits per heavy atom. The van der Waals surface area contributed by atoms with Gasteiger partial charge in [0, 0.05) is 18.7 Å². The van der Waals surface area contributed by atoms with E-state index < -0.39 is 42.1 Å². The van der Waals surface area contributed by atoms with Crippen molar-refractivity contribution in [2.75, 3.05) is 19.7 Å². The molecule has 13 heteroatoms. The summed E-state index contributed by atoms with van der Waals surface area (Å²) in [5, 5.41) is 12.0. The number of hydrogen-bond donors (Lipinski definition) is 2. The van der Waals surface area contributed by atoms with Crippen LogP contribution in [0.5, 0.6) is 11.5 Å². The molecule has 1 aliphatic carbocycles. The van der Waals surface area contributed by atoms with Gasteiger partial charge < -0.3 is 34.0 Å². The van der Waals surface area contributed by atoms with E-state index in [0.717, 1.165) is 12.8 Å². The molecule has 11 nitrogen and oxygen atoms in total. The number of halogens is 2. The van der Waals surface area contributed by atoms with Crippen LogP contribution >= 0.6 is 0 Å². The van der Waals surface area contributed by atoms with Crippen LogP contribution in [0.15, 0.2) is 22.6 Å². The van der Waals surface area contributed by atoms with Crippen LogP contribution in [0.1, 0.15) is 75.7 Å². The number of oxazole rings is 1. The van der Waals surface area contributed by atoms with Gasteiger partial charge in [0.1, 0.15) is 5.60 Å². The van der Waals surface area contributed by atoms with Gasteiger partial charge in [-0.3, -0.25) is 9.59 Å². The molecule has 2 aliphatic rings. The molecular weight excluding hydrogens is 544 g/mol. The number of piperidine rings is 1. The number of ether oxygens (including phenoxy) is 3. The second-order valence-corrected chi connectivity index (χ2v) is 11.3. The smallest absolute Gasteiger partial charge is 0.408 e. The quantitative estimate of drug-likeness (QED) is 0.386. The summed E-state index contributed by atoms with van der Waals surface area (Å²) < 4.78 is 47.7. The number of alkyl halides is 2. The SMILES string of the molecule is C[C@H](NC(=O)OC(C)(C)C)c1oc(-c2ccc(OC(F)F)c(OCC3CC3)c2)nc1C(=O)N1CCC(C(=O)O)CC1. The Labute approximate surface area is 236 Å². The highest BCUT2D eigenvalue weighted by molar-refractivity contribution is 5.94. The van der Waals surface area contributed by atoms with E-state index in [4.69, 9.17) is 13.9 Å². The van der Waals surface area contributed by atoms with Crippen molar-refractivity contribution < 1.29 is 46.9 Å². The van der Waals surface area contributed by atoms with Crippen LogP contribution in [0.4, 0.5) is 13.6 Å². The number of rotatable bonds is 10. The Kier molecular flexibility index (Phi) is 9.03. The van der Waals surface area contributed by atoms with Gasteiger partial charge >= 0.3 is 18.7 Å². The molecule has 2 aromatic rings. The molecule has 41 heavy (non-hydrogen) atoms. The summed E-state index contributed by atoms with van der Waals surface area (Å²) in [7, 11) is 0. The predicted molar refractivity (Wildman–Crippen MR) is 141 cm³/mol. The van der Waals surface area contributed by atoms with Gasteiger partial charge in [-0.2, -0.15) is 8.78 Å². The topological polar surface area (TPSA) is 140 Å². The van der Waals surface area contributed by atoms with E-state index >= 15 is 0 Å². The monoisotopic (exact) mass is 579 g/mol. The molecule has 2 fully saturated rings. The van der Waals surface area contributed by atoms with E-state index in [9.17, 15) is 28.3 Å². The number of aromatic nitrogens is 1. The molecule has 1 aromatic heterocycles. The van der Waals surface area contributed by atoms with Gasteiger partial charge in [0.2, 0.25) is 5.89 Å². The first-order chi connectivity index (χ1) is 19.3. The Hall–Kier alpha value is -3.90. The van der Waals surface area contributed by atoms with Gasteiger partial charge in [-0.05, 0) is 77.5 Å². The van der Waals surface area contributed by atoms with Gasteiger partial charge in [0.05, 0.1) is 18.6 Å². The Morgan fingerprint density at radius 2 is 1.83 bits per heavy atom. The number of carbonyl (C=O) groups excluding carboxylic acids is 2. The summed E-state index contributed by atoms with van der Waals surface area (Å²) in [6, 6.07) is 3.38. The molecule has 4 rings (SSSR count). The molecule has 0 unspecified atom stereocenters. The predicted octanol–water partition coefficient (Wildman–Crippen LogP) is 5.25. The van der Waals surface area contributed by atoms with Crippen LogP contribution in [0.2, 0.25) is 0 Å². The van der Waals surface area contributed by atoms with Crippen LogP contribution in [0.3, 0.4) is 0 Å².